The van der Waals surface area contributed by atoms with Gasteiger partial charge in [-0.25, -0.2) is 14.6 Å². The fourth-order valence-electron chi connectivity index (χ4n) is 6.63. The van der Waals surface area contributed by atoms with Crippen LogP contribution < -0.4 is 25.3 Å². The minimum atomic E-state index is -1.33. The van der Waals surface area contributed by atoms with E-state index in [0.717, 1.165) is 37.6 Å². The van der Waals surface area contributed by atoms with Gasteiger partial charge in [0.15, 0.2) is 0 Å². The highest BCUT2D eigenvalue weighted by molar-refractivity contribution is 6.05. The molecule has 3 amide bonds. The highest BCUT2D eigenvalue weighted by Crippen LogP contribution is 2.57. The number of nitrogens with one attached hydrogen (secondary N) is 2. The lowest BCUT2D eigenvalue weighted by atomic mass is 9.75. The van der Waals surface area contributed by atoms with Crippen molar-refractivity contribution < 1.29 is 28.6 Å². The molecule has 5 rings (SSSR count). The van der Waals surface area contributed by atoms with Gasteiger partial charge < -0.3 is 24.0 Å². The molecule has 0 saturated carbocycles. The number of nitrogens with zero attached hydrogens (tertiary/aromatic N) is 4. The van der Waals surface area contributed by atoms with Crippen LogP contribution >= 0.6 is 0 Å². The Kier molecular flexibility index (Phi) is 10.3. The summed E-state index contributed by atoms with van der Waals surface area (Å²) in [5, 5.41) is 3.96. The fraction of sp³-hybridized carbons (Fsp3) is 0.436. The van der Waals surface area contributed by atoms with Crippen LogP contribution in [0, 0.1) is 0 Å². The minimum absolute atomic E-state index is 0.354. The van der Waals surface area contributed by atoms with Crippen molar-refractivity contribution in [3.63, 3.8) is 0 Å². The molecule has 2 N–H and O–H groups in total. The van der Waals surface area contributed by atoms with Crippen LogP contribution in [-0.2, 0) is 15.0 Å². The lowest BCUT2D eigenvalue weighted by Crippen LogP contribution is -2.59. The normalized spacial score (nSPS) is 14.6. The highest BCUT2D eigenvalue weighted by Gasteiger charge is 2.57. The number of fused-ring (bicyclic) bond motifs is 6. The Balaban J connectivity index is 1.77. The van der Waals surface area contributed by atoms with E-state index in [9.17, 15) is 14.4 Å². The summed E-state index contributed by atoms with van der Waals surface area (Å²) in [5.74, 6) is 0.359. The van der Waals surface area contributed by atoms with E-state index in [2.05, 4.69) is 53.2 Å². The molecule has 0 atom stereocenters. The third-order valence-corrected chi connectivity index (χ3v) is 8.71. The van der Waals surface area contributed by atoms with E-state index in [0.29, 0.717) is 33.8 Å². The maximum atomic E-state index is 14.7. The zero-order valence-electron chi connectivity index (χ0n) is 31.3. The molecule has 0 saturated heterocycles. The molecule has 2 aliphatic rings. The number of guanidine groups is 1. The molecule has 0 aliphatic carbocycles. The van der Waals surface area contributed by atoms with Crippen molar-refractivity contribution in [1.82, 2.24) is 15.8 Å². The van der Waals surface area contributed by atoms with Crippen molar-refractivity contribution >= 4 is 35.4 Å². The van der Waals surface area contributed by atoms with Crippen LogP contribution in [-0.4, -0.2) is 66.4 Å². The Hall–Kier alpha value is -5.26. The second kappa shape index (κ2) is 14.2. The summed E-state index contributed by atoms with van der Waals surface area (Å²) in [6.45, 7) is 21.8. The number of amides is 3. The van der Waals surface area contributed by atoms with Gasteiger partial charge in [0.2, 0.25) is 5.96 Å². The van der Waals surface area contributed by atoms with Gasteiger partial charge >= 0.3 is 12.2 Å². The Morgan fingerprint density at radius 3 is 1.76 bits per heavy atom. The minimum Gasteiger partial charge on any atom is -0.456 e. The third kappa shape index (κ3) is 7.31. The second-order valence-electron chi connectivity index (χ2n) is 14.4. The van der Waals surface area contributed by atoms with Crippen LogP contribution in [0.4, 0.5) is 21.0 Å². The number of anilines is 2. The van der Waals surface area contributed by atoms with E-state index in [4.69, 9.17) is 14.2 Å². The zero-order chi connectivity index (χ0) is 37.3. The first-order chi connectivity index (χ1) is 24.1. The number of carbonyl (C=O) groups excluding carboxylic acids is 3. The molecule has 2 heterocycles. The smallest absolute Gasteiger partial charge is 0.437 e. The second-order valence-corrected chi connectivity index (χ2v) is 14.4. The molecule has 0 unspecified atom stereocenters. The first kappa shape index (κ1) is 37.0. The Bertz CT molecular complexity index is 1770. The number of aliphatic imine (C=N–C) groups is 1. The zero-order valence-corrected chi connectivity index (χ0v) is 31.3. The Morgan fingerprint density at radius 1 is 0.765 bits per heavy atom. The number of hydrazine groups is 1. The summed E-state index contributed by atoms with van der Waals surface area (Å²) >= 11 is 0. The van der Waals surface area contributed by atoms with Gasteiger partial charge in [0.25, 0.3) is 5.91 Å². The SMILES string of the molecule is CCN(CC)c1ccc2c(c1)Oc1cc(N(CC)CC)ccc1C21c2ccccc2C(=O)N1N/C(=N/C(=O)OC(C)(C)C)NC(=O)OC(C)(C)C. The largest absolute Gasteiger partial charge is 0.456 e. The summed E-state index contributed by atoms with van der Waals surface area (Å²) in [4.78, 5) is 49.5. The summed E-state index contributed by atoms with van der Waals surface area (Å²) in [7, 11) is 0. The van der Waals surface area contributed by atoms with E-state index >= 15 is 0 Å². The number of benzene rings is 3. The first-order valence-corrected chi connectivity index (χ1v) is 17.5. The molecule has 0 bridgehead atoms. The van der Waals surface area contributed by atoms with Gasteiger partial charge in [-0.2, -0.15) is 0 Å². The summed E-state index contributed by atoms with van der Waals surface area (Å²) in [6.07, 6.45) is -1.85. The predicted octanol–water partition coefficient (Wildman–Crippen LogP) is 7.55. The van der Waals surface area contributed by atoms with Crippen molar-refractivity contribution in [2.24, 2.45) is 4.99 Å². The molecule has 2 aliphatic heterocycles. The van der Waals surface area contributed by atoms with Gasteiger partial charge in [-0.15, -0.1) is 4.99 Å². The average molecular weight is 699 g/mol. The van der Waals surface area contributed by atoms with E-state index < -0.39 is 34.8 Å². The highest BCUT2D eigenvalue weighted by atomic mass is 16.6. The molecule has 0 fully saturated rings. The van der Waals surface area contributed by atoms with Gasteiger partial charge in [-0.05, 0) is 87.4 Å². The predicted molar refractivity (Wildman–Crippen MR) is 199 cm³/mol. The maximum Gasteiger partial charge on any atom is 0.437 e. The van der Waals surface area contributed by atoms with Crippen molar-refractivity contribution in [1.29, 1.82) is 0 Å². The van der Waals surface area contributed by atoms with Crippen molar-refractivity contribution in [2.75, 3.05) is 36.0 Å². The topological polar surface area (TPSA) is 125 Å². The molecule has 1 spiro atoms. The van der Waals surface area contributed by atoms with Crippen molar-refractivity contribution in [2.45, 2.75) is 86.0 Å². The van der Waals surface area contributed by atoms with Crippen LogP contribution in [0.2, 0.25) is 0 Å². The lowest BCUT2D eigenvalue weighted by Gasteiger charge is -2.44. The van der Waals surface area contributed by atoms with E-state index in [1.807, 2.05) is 48.5 Å². The van der Waals surface area contributed by atoms with Gasteiger partial charge in [0.1, 0.15) is 28.2 Å². The Labute approximate surface area is 300 Å². The number of carbonyl (C=O) groups is 3. The number of hydrogen-bond acceptors (Lipinski definition) is 8. The standard InChI is InChI=1S/C39H50N6O6/c1-11-43(12-2)25-19-21-29-31(23-25)49-32-24-26(44(13-3)14-4)20-22-30(32)39(29)28-18-16-15-17-27(28)33(46)45(39)42-34(40-35(47)50-37(5,6)7)41-36(48)51-38(8,9)10/h15-24H,11-14H2,1-10H3,(H2,40,41,42,47,48). The molecule has 0 aromatic heterocycles. The van der Waals surface area contributed by atoms with E-state index in [1.165, 1.54) is 5.01 Å². The third-order valence-electron chi connectivity index (χ3n) is 8.71. The first-order valence-electron chi connectivity index (χ1n) is 17.5. The molecule has 51 heavy (non-hydrogen) atoms. The van der Waals surface area contributed by atoms with Gasteiger partial charge in [-0.1, -0.05) is 30.3 Å². The average Bonchev–Trinajstić information content (AvgIpc) is 3.28. The maximum absolute atomic E-state index is 14.7. The molecule has 3 aromatic rings. The van der Waals surface area contributed by atoms with Crippen LogP contribution in [0.3, 0.4) is 0 Å². The summed E-state index contributed by atoms with van der Waals surface area (Å²) in [6, 6.07) is 19.3. The van der Waals surface area contributed by atoms with Crippen LogP contribution in [0.1, 0.15) is 96.3 Å². The van der Waals surface area contributed by atoms with Crippen LogP contribution in [0.25, 0.3) is 0 Å². The lowest BCUT2D eigenvalue weighted by molar-refractivity contribution is 0.0513. The molecule has 0 radical (unpaired) electrons. The number of hydrogen-bond donors (Lipinski definition) is 2. The van der Waals surface area contributed by atoms with Crippen molar-refractivity contribution in [3.8, 4) is 11.5 Å². The molecule has 12 heteroatoms. The van der Waals surface area contributed by atoms with E-state index in [1.54, 1.807) is 53.7 Å². The van der Waals surface area contributed by atoms with Gasteiger partial charge in [-0.3, -0.25) is 15.5 Å². The van der Waals surface area contributed by atoms with Crippen molar-refractivity contribution in [3.05, 3.63) is 82.9 Å². The summed E-state index contributed by atoms with van der Waals surface area (Å²) < 4.78 is 17.7. The molecular weight excluding hydrogens is 648 g/mol. The number of ether oxygens (including phenoxy) is 3. The number of alkyl carbamates (subject to hydrolysis) is 1. The molecule has 272 valence electrons. The van der Waals surface area contributed by atoms with Crippen LogP contribution in [0.15, 0.2) is 65.7 Å². The fourth-order valence-corrected chi connectivity index (χ4v) is 6.63. The number of rotatable bonds is 7. The quantitative estimate of drug-likeness (QED) is 0.190. The molecule has 3 aromatic carbocycles. The monoisotopic (exact) mass is 698 g/mol. The van der Waals surface area contributed by atoms with Gasteiger partial charge in [0.05, 0.1) is 0 Å². The van der Waals surface area contributed by atoms with Crippen LogP contribution in [0.5, 0.6) is 11.5 Å². The van der Waals surface area contributed by atoms with Gasteiger partial charge in [0, 0.05) is 71.9 Å². The summed E-state index contributed by atoms with van der Waals surface area (Å²) in [5.41, 5.74) is 4.41. The Morgan fingerprint density at radius 2 is 1.27 bits per heavy atom. The molecular formula is C39H50N6O6. The van der Waals surface area contributed by atoms with E-state index in [-0.39, 0.29) is 5.96 Å². The molecule has 12 nitrogen and oxygen atoms in total.